The predicted octanol–water partition coefficient (Wildman–Crippen LogP) is 2.58. The minimum atomic E-state index is 0.196. The van der Waals surface area contributed by atoms with Gasteiger partial charge in [0.05, 0.1) is 0 Å². The lowest BCUT2D eigenvalue weighted by Gasteiger charge is -2.30. The molecule has 3 heteroatoms. The highest BCUT2D eigenvalue weighted by Gasteiger charge is 2.19. The second-order valence-corrected chi connectivity index (χ2v) is 5.70. The van der Waals surface area contributed by atoms with Crippen LogP contribution in [0.25, 0.3) is 0 Å². The molecule has 0 aromatic heterocycles. The Morgan fingerprint density at radius 2 is 1.94 bits per heavy atom. The number of allylic oxidation sites excluding steroid dienone is 2. The van der Waals surface area contributed by atoms with E-state index < -0.39 is 0 Å². The first-order valence-corrected chi connectivity index (χ1v) is 7.20. The third-order valence-corrected chi connectivity index (χ3v) is 3.64. The second-order valence-electron chi connectivity index (χ2n) is 5.70. The molecule has 18 heavy (non-hydrogen) atoms. The summed E-state index contributed by atoms with van der Waals surface area (Å²) in [5, 5.41) is 3.08. The predicted molar refractivity (Wildman–Crippen MR) is 76.5 cm³/mol. The monoisotopic (exact) mass is 252 g/mol. The Labute approximate surface area is 112 Å². The molecule has 1 aliphatic rings. The Kier molecular flexibility index (Phi) is 6.41. The van der Waals surface area contributed by atoms with Crippen molar-refractivity contribution in [3.05, 3.63) is 12.2 Å². The van der Waals surface area contributed by atoms with E-state index in [1.54, 1.807) is 0 Å². The highest BCUT2D eigenvalue weighted by molar-refractivity contribution is 5.78. The van der Waals surface area contributed by atoms with Crippen molar-refractivity contribution in [3.63, 3.8) is 0 Å². The van der Waals surface area contributed by atoms with Crippen LogP contribution in [0.1, 0.15) is 47.0 Å². The maximum absolute atomic E-state index is 12.0. The molecular formula is C15H28N2O. The topological polar surface area (TPSA) is 32.3 Å². The number of rotatable bonds is 6. The summed E-state index contributed by atoms with van der Waals surface area (Å²) in [6, 6.07) is 1.05. The van der Waals surface area contributed by atoms with Gasteiger partial charge in [-0.15, -0.1) is 0 Å². The summed E-state index contributed by atoms with van der Waals surface area (Å²) in [5.74, 6) is 0.424. The van der Waals surface area contributed by atoms with E-state index in [1.165, 1.54) is 0 Å². The third kappa shape index (κ3) is 4.81. The van der Waals surface area contributed by atoms with Crippen LogP contribution in [0.3, 0.4) is 0 Å². The lowest BCUT2D eigenvalue weighted by Crippen LogP contribution is -2.43. The molecule has 0 aliphatic heterocycles. The molecule has 1 aliphatic carbocycles. The van der Waals surface area contributed by atoms with E-state index in [0.717, 1.165) is 32.4 Å². The average molecular weight is 252 g/mol. The fraction of sp³-hybridized carbons (Fsp3) is 0.800. The number of nitrogens with zero attached hydrogens (tertiary/aromatic N) is 1. The smallest absolute Gasteiger partial charge is 0.223 e. The molecule has 0 spiro atoms. The summed E-state index contributed by atoms with van der Waals surface area (Å²) in [4.78, 5) is 14.4. The van der Waals surface area contributed by atoms with Crippen LogP contribution in [0.2, 0.25) is 0 Å². The molecule has 1 N–H and O–H groups in total. The number of nitrogens with one attached hydrogen (secondary N) is 1. The van der Waals surface area contributed by atoms with Crippen LogP contribution in [0.4, 0.5) is 0 Å². The zero-order valence-corrected chi connectivity index (χ0v) is 12.3. The van der Waals surface area contributed by atoms with Crippen molar-refractivity contribution >= 4 is 5.91 Å². The van der Waals surface area contributed by atoms with Gasteiger partial charge < -0.3 is 5.32 Å². The zero-order valence-electron chi connectivity index (χ0n) is 12.3. The first-order valence-electron chi connectivity index (χ1n) is 7.20. The largest absolute Gasteiger partial charge is 0.355 e. The van der Waals surface area contributed by atoms with E-state index in [4.69, 9.17) is 0 Å². The van der Waals surface area contributed by atoms with Gasteiger partial charge in [-0.3, -0.25) is 9.69 Å². The normalized spacial score (nSPS) is 19.8. The Balaban J connectivity index is 2.27. The van der Waals surface area contributed by atoms with Gasteiger partial charge in [-0.1, -0.05) is 12.2 Å². The molecule has 0 aromatic carbocycles. The highest BCUT2D eigenvalue weighted by Crippen LogP contribution is 2.17. The van der Waals surface area contributed by atoms with Crippen molar-refractivity contribution < 1.29 is 4.79 Å². The maximum Gasteiger partial charge on any atom is 0.223 e. The van der Waals surface area contributed by atoms with E-state index >= 15 is 0 Å². The molecule has 0 bridgehead atoms. The summed E-state index contributed by atoms with van der Waals surface area (Å²) in [6.07, 6.45) is 7.25. The number of hydrogen-bond donors (Lipinski definition) is 1. The van der Waals surface area contributed by atoms with E-state index in [9.17, 15) is 4.79 Å². The Hall–Kier alpha value is -0.830. The first kappa shape index (κ1) is 15.2. The number of amides is 1. The van der Waals surface area contributed by atoms with Crippen LogP contribution < -0.4 is 5.32 Å². The van der Waals surface area contributed by atoms with Gasteiger partial charge >= 0.3 is 0 Å². The minimum Gasteiger partial charge on any atom is -0.355 e. The van der Waals surface area contributed by atoms with Crippen LogP contribution in [0, 0.1) is 5.92 Å². The molecule has 0 radical (unpaired) electrons. The number of hydrogen-bond acceptors (Lipinski definition) is 2. The zero-order chi connectivity index (χ0) is 13.5. The first-order chi connectivity index (χ1) is 8.52. The molecule has 1 unspecified atom stereocenters. The van der Waals surface area contributed by atoms with Gasteiger partial charge in [-0.25, -0.2) is 0 Å². The summed E-state index contributed by atoms with van der Waals surface area (Å²) >= 11 is 0. The van der Waals surface area contributed by atoms with E-state index in [2.05, 4.69) is 50.1 Å². The summed E-state index contributed by atoms with van der Waals surface area (Å²) in [6.45, 7) is 10.5. The SMILES string of the molecule is CC(C)N(CCNC(=O)C1CC=CCC1)C(C)C. The molecule has 0 saturated heterocycles. The fourth-order valence-corrected chi connectivity index (χ4v) is 2.60. The molecule has 0 saturated carbocycles. The maximum atomic E-state index is 12.0. The van der Waals surface area contributed by atoms with Crippen molar-refractivity contribution in [2.75, 3.05) is 13.1 Å². The highest BCUT2D eigenvalue weighted by atomic mass is 16.1. The van der Waals surface area contributed by atoms with Crippen molar-refractivity contribution in [1.29, 1.82) is 0 Å². The van der Waals surface area contributed by atoms with Crippen LogP contribution >= 0.6 is 0 Å². The van der Waals surface area contributed by atoms with Gasteiger partial charge in [0, 0.05) is 31.1 Å². The summed E-state index contributed by atoms with van der Waals surface area (Å²) in [5.41, 5.74) is 0. The summed E-state index contributed by atoms with van der Waals surface area (Å²) in [7, 11) is 0. The molecule has 0 fully saturated rings. The molecule has 0 heterocycles. The van der Waals surface area contributed by atoms with E-state index in [0.29, 0.717) is 12.1 Å². The molecule has 0 aromatic rings. The number of carbonyl (C=O) groups is 1. The Morgan fingerprint density at radius 1 is 1.28 bits per heavy atom. The van der Waals surface area contributed by atoms with Crippen LogP contribution in [0.15, 0.2) is 12.2 Å². The van der Waals surface area contributed by atoms with Crippen LogP contribution in [-0.2, 0) is 4.79 Å². The van der Waals surface area contributed by atoms with Crippen molar-refractivity contribution in [3.8, 4) is 0 Å². The molecular weight excluding hydrogens is 224 g/mol. The molecule has 1 atom stereocenters. The average Bonchev–Trinajstić information content (AvgIpc) is 2.34. The van der Waals surface area contributed by atoms with Crippen molar-refractivity contribution in [1.82, 2.24) is 10.2 Å². The van der Waals surface area contributed by atoms with Crippen LogP contribution in [0.5, 0.6) is 0 Å². The minimum absolute atomic E-state index is 0.196. The van der Waals surface area contributed by atoms with Crippen LogP contribution in [-0.4, -0.2) is 36.0 Å². The second kappa shape index (κ2) is 7.57. The van der Waals surface area contributed by atoms with E-state index in [-0.39, 0.29) is 11.8 Å². The molecule has 1 amide bonds. The quantitative estimate of drug-likeness (QED) is 0.737. The van der Waals surface area contributed by atoms with Crippen molar-refractivity contribution in [2.24, 2.45) is 5.92 Å². The van der Waals surface area contributed by atoms with E-state index in [1.807, 2.05) is 0 Å². The Bertz CT molecular complexity index is 276. The molecule has 1 rings (SSSR count). The summed E-state index contributed by atoms with van der Waals surface area (Å²) < 4.78 is 0. The number of carbonyl (C=O) groups excluding carboxylic acids is 1. The lowest BCUT2D eigenvalue weighted by molar-refractivity contribution is -0.125. The van der Waals surface area contributed by atoms with Crippen molar-refractivity contribution in [2.45, 2.75) is 59.0 Å². The Morgan fingerprint density at radius 3 is 2.44 bits per heavy atom. The van der Waals surface area contributed by atoms with Gasteiger partial charge in [-0.2, -0.15) is 0 Å². The molecule has 104 valence electrons. The standard InChI is InChI=1S/C15H28N2O/c1-12(2)17(13(3)4)11-10-16-15(18)14-8-6-5-7-9-14/h5-6,12-14H,7-11H2,1-4H3,(H,16,18). The van der Waals surface area contributed by atoms with Gasteiger partial charge in [0.2, 0.25) is 5.91 Å². The van der Waals surface area contributed by atoms with Gasteiger partial charge in [0.15, 0.2) is 0 Å². The lowest BCUT2D eigenvalue weighted by atomic mass is 9.94. The molecule has 3 nitrogen and oxygen atoms in total. The third-order valence-electron chi connectivity index (χ3n) is 3.64. The van der Waals surface area contributed by atoms with Gasteiger partial charge in [0.25, 0.3) is 0 Å². The fourth-order valence-electron chi connectivity index (χ4n) is 2.60. The van der Waals surface area contributed by atoms with Gasteiger partial charge in [-0.05, 0) is 47.0 Å². The van der Waals surface area contributed by atoms with Gasteiger partial charge in [0.1, 0.15) is 0 Å².